The summed E-state index contributed by atoms with van der Waals surface area (Å²) in [5, 5.41) is 9.78. The number of nitrogens with zero attached hydrogens (tertiary/aromatic N) is 1. The first-order valence-corrected chi connectivity index (χ1v) is 8.34. The van der Waals surface area contributed by atoms with Gasteiger partial charge in [0.2, 0.25) is 0 Å². The smallest absolute Gasteiger partial charge is 0.407 e. The number of aliphatic imine (C=N–C) groups is 1. The van der Waals surface area contributed by atoms with E-state index in [9.17, 15) is 4.79 Å². The number of guanidine groups is 1. The maximum atomic E-state index is 11.5. The number of hydrogen-bond acceptors (Lipinski definition) is 3. The number of amides is 1. The number of carbonyl (C=O) groups excluding carboxylic acids is 1. The van der Waals surface area contributed by atoms with Crippen LogP contribution in [0.3, 0.4) is 0 Å². The quantitative estimate of drug-likeness (QED) is 0.417. The average molecular weight is 355 g/mol. The predicted molar refractivity (Wildman–Crippen MR) is 98.8 cm³/mol. The van der Waals surface area contributed by atoms with E-state index in [1.165, 1.54) is 0 Å². The number of alkyl carbamates (subject to hydrolysis) is 1. The topological polar surface area (TPSA) is 74.8 Å². The minimum atomic E-state index is -0.492. The van der Waals surface area contributed by atoms with Crippen LogP contribution < -0.4 is 16.0 Å². The zero-order valence-electron chi connectivity index (χ0n) is 14.8. The Morgan fingerprint density at radius 2 is 1.75 bits per heavy atom. The van der Waals surface area contributed by atoms with Crippen LogP contribution >= 0.6 is 11.6 Å². The van der Waals surface area contributed by atoms with Crippen molar-refractivity contribution in [3.05, 3.63) is 34.9 Å². The van der Waals surface area contributed by atoms with Crippen molar-refractivity contribution in [2.45, 2.75) is 32.8 Å². The molecular formula is C17H27ClN4O2. The molecule has 0 fully saturated rings. The lowest BCUT2D eigenvalue weighted by Gasteiger charge is -2.20. The summed E-state index contributed by atoms with van der Waals surface area (Å²) in [4.78, 5) is 15.6. The molecule has 7 heteroatoms. The molecule has 0 unspecified atom stereocenters. The van der Waals surface area contributed by atoms with Gasteiger partial charge >= 0.3 is 6.09 Å². The number of rotatable bonds is 6. The summed E-state index contributed by atoms with van der Waals surface area (Å²) in [6, 6.07) is 7.77. The van der Waals surface area contributed by atoms with Crippen LogP contribution in [0.1, 0.15) is 26.3 Å². The van der Waals surface area contributed by atoms with Crippen LogP contribution in [0.25, 0.3) is 0 Å². The maximum absolute atomic E-state index is 11.5. The van der Waals surface area contributed by atoms with Crippen LogP contribution in [-0.4, -0.2) is 44.3 Å². The zero-order chi connectivity index (χ0) is 18.0. The number of nitrogens with one attached hydrogen (secondary N) is 3. The van der Waals surface area contributed by atoms with Gasteiger partial charge in [-0.15, -0.1) is 0 Å². The van der Waals surface area contributed by atoms with Gasteiger partial charge in [0.1, 0.15) is 5.60 Å². The van der Waals surface area contributed by atoms with E-state index in [1.54, 1.807) is 7.05 Å². The van der Waals surface area contributed by atoms with E-state index in [2.05, 4.69) is 20.9 Å². The number of carbonyl (C=O) groups is 1. The fraction of sp³-hybridized carbons (Fsp3) is 0.529. The lowest BCUT2D eigenvalue weighted by atomic mass is 10.1. The van der Waals surface area contributed by atoms with Crippen LogP contribution in [0.4, 0.5) is 4.79 Å². The second-order valence-corrected chi connectivity index (χ2v) is 6.60. The third-order valence-corrected chi connectivity index (χ3v) is 3.32. The Kier molecular flexibility index (Phi) is 8.40. The first-order chi connectivity index (χ1) is 11.3. The van der Waals surface area contributed by atoms with Crippen LogP contribution in [0.2, 0.25) is 5.02 Å². The molecule has 0 radical (unpaired) electrons. The average Bonchev–Trinajstić information content (AvgIpc) is 2.49. The van der Waals surface area contributed by atoms with Crippen molar-refractivity contribution >= 4 is 23.7 Å². The number of benzene rings is 1. The largest absolute Gasteiger partial charge is 0.444 e. The summed E-state index contributed by atoms with van der Waals surface area (Å²) in [7, 11) is 1.70. The maximum Gasteiger partial charge on any atom is 0.407 e. The van der Waals surface area contributed by atoms with Gasteiger partial charge in [0.05, 0.1) is 0 Å². The van der Waals surface area contributed by atoms with Crippen LogP contribution in [0.15, 0.2) is 29.3 Å². The molecule has 0 saturated heterocycles. The third kappa shape index (κ3) is 8.62. The minimum absolute atomic E-state index is 0.425. The van der Waals surface area contributed by atoms with Gasteiger partial charge in [-0.2, -0.15) is 0 Å². The van der Waals surface area contributed by atoms with E-state index in [0.717, 1.165) is 17.0 Å². The first kappa shape index (κ1) is 20.1. The molecule has 1 aromatic rings. The molecule has 1 amide bonds. The van der Waals surface area contributed by atoms with Crippen molar-refractivity contribution in [1.29, 1.82) is 0 Å². The molecule has 0 aliphatic carbocycles. The number of halogens is 1. The molecule has 1 rings (SSSR count). The Bertz CT molecular complexity index is 556. The Labute approximate surface area is 149 Å². The summed E-state index contributed by atoms with van der Waals surface area (Å²) in [6.45, 7) is 7.19. The Morgan fingerprint density at radius 1 is 1.12 bits per heavy atom. The van der Waals surface area contributed by atoms with E-state index < -0.39 is 11.7 Å². The molecule has 0 bridgehead atoms. The highest BCUT2D eigenvalue weighted by atomic mass is 35.5. The van der Waals surface area contributed by atoms with Crippen molar-refractivity contribution in [2.24, 2.45) is 4.99 Å². The fourth-order valence-electron chi connectivity index (χ4n) is 1.90. The molecule has 6 nitrogen and oxygen atoms in total. The van der Waals surface area contributed by atoms with Gasteiger partial charge in [-0.25, -0.2) is 4.79 Å². The first-order valence-electron chi connectivity index (χ1n) is 7.96. The molecule has 0 aliphatic heterocycles. The number of hydrogen-bond donors (Lipinski definition) is 3. The van der Waals surface area contributed by atoms with Crippen LogP contribution in [-0.2, 0) is 11.2 Å². The predicted octanol–water partition coefficient (Wildman–Crippen LogP) is 2.57. The van der Waals surface area contributed by atoms with Gasteiger partial charge in [0.15, 0.2) is 5.96 Å². The number of ether oxygens (including phenoxy) is 1. The van der Waals surface area contributed by atoms with Crippen molar-refractivity contribution < 1.29 is 9.53 Å². The van der Waals surface area contributed by atoms with Gasteiger partial charge in [-0.05, 0) is 38.8 Å². The highest BCUT2D eigenvalue weighted by molar-refractivity contribution is 6.31. The molecule has 0 spiro atoms. The third-order valence-electron chi connectivity index (χ3n) is 2.95. The molecule has 24 heavy (non-hydrogen) atoms. The van der Waals surface area contributed by atoms with Gasteiger partial charge in [0.25, 0.3) is 0 Å². The van der Waals surface area contributed by atoms with Crippen molar-refractivity contribution in [1.82, 2.24) is 16.0 Å². The van der Waals surface area contributed by atoms with Gasteiger partial charge in [-0.3, -0.25) is 4.99 Å². The van der Waals surface area contributed by atoms with E-state index in [1.807, 2.05) is 45.0 Å². The van der Waals surface area contributed by atoms with Crippen molar-refractivity contribution in [3.8, 4) is 0 Å². The SMILES string of the molecule is CN=C(NCCNC(=O)OC(C)(C)C)NCCc1ccccc1Cl. The molecule has 3 N–H and O–H groups in total. The molecule has 0 aromatic heterocycles. The van der Waals surface area contributed by atoms with Crippen molar-refractivity contribution in [3.63, 3.8) is 0 Å². The second kappa shape index (κ2) is 10.0. The molecule has 134 valence electrons. The van der Waals surface area contributed by atoms with Gasteiger partial charge in [0, 0.05) is 31.7 Å². The molecular weight excluding hydrogens is 328 g/mol. The van der Waals surface area contributed by atoms with Crippen LogP contribution in [0.5, 0.6) is 0 Å². The summed E-state index contributed by atoms with van der Waals surface area (Å²) in [5.41, 5.74) is 0.599. The summed E-state index contributed by atoms with van der Waals surface area (Å²) in [6.07, 6.45) is 0.377. The highest BCUT2D eigenvalue weighted by Crippen LogP contribution is 2.14. The van der Waals surface area contributed by atoms with Crippen molar-refractivity contribution in [2.75, 3.05) is 26.7 Å². The van der Waals surface area contributed by atoms with E-state index in [4.69, 9.17) is 16.3 Å². The zero-order valence-corrected chi connectivity index (χ0v) is 15.5. The minimum Gasteiger partial charge on any atom is -0.444 e. The second-order valence-electron chi connectivity index (χ2n) is 6.20. The highest BCUT2D eigenvalue weighted by Gasteiger charge is 2.15. The molecule has 0 saturated carbocycles. The molecule has 1 aromatic carbocycles. The molecule has 0 atom stereocenters. The van der Waals surface area contributed by atoms with E-state index in [0.29, 0.717) is 25.6 Å². The Morgan fingerprint density at radius 3 is 2.38 bits per heavy atom. The monoisotopic (exact) mass is 354 g/mol. The summed E-state index contributed by atoms with van der Waals surface area (Å²) >= 11 is 6.13. The van der Waals surface area contributed by atoms with E-state index in [-0.39, 0.29) is 0 Å². The molecule has 0 aliphatic rings. The Hall–Kier alpha value is -1.95. The van der Waals surface area contributed by atoms with Crippen LogP contribution in [0, 0.1) is 0 Å². The lowest BCUT2D eigenvalue weighted by Crippen LogP contribution is -2.43. The normalized spacial score (nSPS) is 11.8. The fourth-order valence-corrected chi connectivity index (χ4v) is 2.13. The lowest BCUT2D eigenvalue weighted by molar-refractivity contribution is 0.0529. The van der Waals surface area contributed by atoms with Gasteiger partial charge in [-0.1, -0.05) is 29.8 Å². The van der Waals surface area contributed by atoms with E-state index >= 15 is 0 Å². The standard InChI is InChI=1S/C17H27ClN4O2/c1-17(2,3)24-16(23)22-12-11-21-15(19-4)20-10-9-13-7-5-6-8-14(13)18/h5-8H,9-12H2,1-4H3,(H,22,23)(H2,19,20,21). The summed E-state index contributed by atoms with van der Waals surface area (Å²) < 4.78 is 5.16. The molecule has 0 heterocycles. The Balaban J connectivity index is 2.21. The van der Waals surface area contributed by atoms with Gasteiger partial charge < -0.3 is 20.7 Å². The summed E-state index contributed by atoms with van der Waals surface area (Å²) in [5.74, 6) is 0.674.